The Bertz CT molecular complexity index is 461. The molecule has 0 radical (unpaired) electrons. The Morgan fingerprint density at radius 3 is 2.85 bits per heavy atom. The van der Waals surface area contributed by atoms with E-state index in [4.69, 9.17) is 0 Å². The molecule has 5 heteroatoms. The molecule has 1 N–H and O–H groups in total. The van der Waals surface area contributed by atoms with E-state index in [9.17, 15) is 0 Å². The highest BCUT2D eigenvalue weighted by molar-refractivity contribution is 5.80. The predicted molar refractivity (Wildman–Crippen MR) is 82.9 cm³/mol. The predicted octanol–water partition coefficient (Wildman–Crippen LogP) is 1.89. The van der Waals surface area contributed by atoms with Crippen molar-refractivity contribution in [2.45, 2.75) is 40.2 Å². The summed E-state index contributed by atoms with van der Waals surface area (Å²) in [6, 6.07) is 0. The summed E-state index contributed by atoms with van der Waals surface area (Å²) < 4.78 is 2.00. The van der Waals surface area contributed by atoms with E-state index in [1.165, 1.54) is 12.0 Å². The van der Waals surface area contributed by atoms with Crippen molar-refractivity contribution in [2.24, 2.45) is 10.4 Å². The Hall–Kier alpha value is -1.52. The monoisotopic (exact) mass is 277 g/mol. The van der Waals surface area contributed by atoms with Gasteiger partial charge >= 0.3 is 0 Å². The van der Waals surface area contributed by atoms with Gasteiger partial charge in [0.15, 0.2) is 5.96 Å². The minimum atomic E-state index is 0.407. The number of aromatic nitrogens is 2. The first-order chi connectivity index (χ1) is 9.50. The lowest BCUT2D eigenvalue weighted by atomic mass is 9.93. The molecule has 112 valence electrons. The van der Waals surface area contributed by atoms with Crippen LogP contribution in [0.5, 0.6) is 0 Å². The molecule has 2 rings (SSSR count). The van der Waals surface area contributed by atoms with Gasteiger partial charge in [0.2, 0.25) is 0 Å². The summed E-state index contributed by atoms with van der Waals surface area (Å²) in [6.07, 6.45) is 6.27. The van der Waals surface area contributed by atoms with Gasteiger partial charge in [0, 0.05) is 39.4 Å². The molecule has 20 heavy (non-hydrogen) atoms. The minimum Gasteiger partial charge on any atom is -0.356 e. The van der Waals surface area contributed by atoms with Crippen molar-refractivity contribution in [1.29, 1.82) is 0 Å². The van der Waals surface area contributed by atoms with Crippen molar-refractivity contribution < 1.29 is 0 Å². The van der Waals surface area contributed by atoms with Crippen LogP contribution in [-0.2, 0) is 6.54 Å². The third-order valence-electron chi connectivity index (χ3n) is 3.80. The molecule has 0 unspecified atom stereocenters. The number of aryl methyl sites for hydroxylation is 2. The molecule has 1 aromatic rings. The highest BCUT2D eigenvalue weighted by Gasteiger charge is 2.30. The molecule has 0 bridgehead atoms. The van der Waals surface area contributed by atoms with E-state index in [1.807, 2.05) is 17.9 Å². The molecular weight excluding hydrogens is 250 g/mol. The van der Waals surface area contributed by atoms with Gasteiger partial charge in [0.05, 0.1) is 6.20 Å². The first-order valence-electron chi connectivity index (χ1n) is 7.45. The van der Waals surface area contributed by atoms with Crippen molar-refractivity contribution >= 4 is 5.96 Å². The molecule has 0 saturated carbocycles. The number of rotatable bonds is 4. The van der Waals surface area contributed by atoms with Gasteiger partial charge in [0.1, 0.15) is 0 Å². The summed E-state index contributed by atoms with van der Waals surface area (Å²) in [4.78, 5) is 6.75. The molecule has 1 aromatic heterocycles. The highest BCUT2D eigenvalue weighted by atomic mass is 15.3. The fourth-order valence-electron chi connectivity index (χ4n) is 2.66. The Balaban J connectivity index is 1.72. The summed E-state index contributed by atoms with van der Waals surface area (Å²) in [6.45, 7) is 10.8. The van der Waals surface area contributed by atoms with Crippen molar-refractivity contribution in [3.63, 3.8) is 0 Å². The van der Waals surface area contributed by atoms with E-state index in [-0.39, 0.29) is 0 Å². The Kier molecular flexibility index (Phi) is 4.68. The number of nitrogens with zero attached hydrogens (tertiary/aromatic N) is 4. The number of aliphatic imine (C=N–C) groups is 1. The molecule has 1 fully saturated rings. The van der Waals surface area contributed by atoms with Crippen LogP contribution in [0.2, 0.25) is 0 Å². The Morgan fingerprint density at radius 1 is 1.50 bits per heavy atom. The Labute approximate surface area is 122 Å². The second-order valence-electron chi connectivity index (χ2n) is 6.44. The van der Waals surface area contributed by atoms with Crippen LogP contribution in [0.15, 0.2) is 17.4 Å². The molecule has 0 spiro atoms. The van der Waals surface area contributed by atoms with Crippen LogP contribution < -0.4 is 5.32 Å². The molecule has 2 heterocycles. The number of nitrogens with one attached hydrogen (secondary N) is 1. The van der Waals surface area contributed by atoms with Crippen LogP contribution in [-0.4, -0.2) is 47.3 Å². The Morgan fingerprint density at radius 2 is 2.30 bits per heavy atom. The van der Waals surface area contributed by atoms with Crippen LogP contribution >= 0.6 is 0 Å². The lowest BCUT2D eigenvalue weighted by Gasteiger charge is -2.23. The van der Waals surface area contributed by atoms with E-state index in [1.54, 1.807) is 0 Å². The topological polar surface area (TPSA) is 45.5 Å². The smallest absolute Gasteiger partial charge is 0.193 e. The molecular formula is C15H27N5. The van der Waals surface area contributed by atoms with Gasteiger partial charge in [0.25, 0.3) is 0 Å². The lowest BCUT2D eigenvalue weighted by Crippen LogP contribution is -2.41. The molecule has 1 saturated heterocycles. The maximum Gasteiger partial charge on any atom is 0.193 e. The lowest BCUT2D eigenvalue weighted by molar-refractivity contribution is 0.369. The summed E-state index contributed by atoms with van der Waals surface area (Å²) in [5, 5.41) is 7.76. The van der Waals surface area contributed by atoms with E-state index in [2.05, 4.69) is 47.3 Å². The maximum atomic E-state index is 4.39. The molecule has 0 amide bonds. The summed E-state index contributed by atoms with van der Waals surface area (Å²) in [5.74, 6) is 1.03. The molecule has 1 aliphatic heterocycles. The summed E-state index contributed by atoms with van der Waals surface area (Å²) in [7, 11) is 1.87. The van der Waals surface area contributed by atoms with E-state index in [0.717, 1.165) is 38.6 Å². The summed E-state index contributed by atoms with van der Waals surface area (Å²) in [5.41, 5.74) is 1.62. The van der Waals surface area contributed by atoms with E-state index >= 15 is 0 Å². The summed E-state index contributed by atoms with van der Waals surface area (Å²) >= 11 is 0. The molecule has 0 atom stereocenters. The first-order valence-corrected chi connectivity index (χ1v) is 7.45. The average Bonchev–Trinajstić information content (AvgIpc) is 2.95. The fraction of sp³-hybridized carbons (Fsp3) is 0.733. The van der Waals surface area contributed by atoms with Gasteiger partial charge in [-0.1, -0.05) is 13.8 Å². The van der Waals surface area contributed by atoms with Gasteiger partial charge in [-0.15, -0.1) is 0 Å². The van der Waals surface area contributed by atoms with Crippen molar-refractivity contribution in [3.8, 4) is 0 Å². The standard InChI is InChI=1S/C15H27N5/c1-13-10-18-20(11-13)8-5-7-17-14(16-4)19-9-6-15(2,3)12-19/h10-11H,5-9,12H2,1-4H3,(H,16,17). The quantitative estimate of drug-likeness (QED) is 0.519. The molecule has 0 aromatic carbocycles. The number of hydrogen-bond acceptors (Lipinski definition) is 2. The zero-order valence-corrected chi connectivity index (χ0v) is 13.2. The highest BCUT2D eigenvalue weighted by Crippen LogP contribution is 2.28. The molecule has 1 aliphatic rings. The number of hydrogen-bond donors (Lipinski definition) is 1. The second kappa shape index (κ2) is 6.29. The molecule has 0 aliphatic carbocycles. The SMILES string of the molecule is CN=C(NCCCn1cc(C)cn1)N1CCC(C)(C)C1. The van der Waals surface area contributed by atoms with Crippen molar-refractivity contribution in [1.82, 2.24) is 20.0 Å². The number of likely N-dealkylation sites (tertiary alicyclic amines) is 1. The number of guanidine groups is 1. The molecule has 5 nitrogen and oxygen atoms in total. The van der Waals surface area contributed by atoms with Crippen molar-refractivity contribution in [2.75, 3.05) is 26.7 Å². The van der Waals surface area contributed by atoms with Crippen LogP contribution in [0.4, 0.5) is 0 Å². The first kappa shape index (κ1) is 14.9. The van der Waals surface area contributed by atoms with Crippen molar-refractivity contribution in [3.05, 3.63) is 18.0 Å². The fourth-order valence-corrected chi connectivity index (χ4v) is 2.66. The van der Waals surface area contributed by atoms with Gasteiger partial charge < -0.3 is 10.2 Å². The third-order valence-corrected chi connectivity index (χ3v) is 3.80. The van der Waals surface area contributed by atoms with Gasteiger partial charge in [-0.3, -0.25) is 9.67 Å². The third kappa shape index (κ3) is 3.99. The maximum absolute atomic E-state index is 4.39. The van der Waals surface area contributed by atoms with Gasteiger partial charge in [-0.2, -0.15) is 5.10 Å². The van der Waals surface area contributed by atoms with Crippen LogP contribution in [0, 0.1) is 12.3 Å². The largest absolute Gasteiger partial charge is 0.356 e. The van der Waals surface area contributed by atoms with E-state index in [0.29, 0.717) is 5.41 Å². The second-order valence-corrected chi connectivity index (χ2v) is 6.44. The average molecular weight is 277 g/mol. The van der Waals surface area contributed by atoms with Crippen LogP contribution in [0.1, 0.15) is 32.3 Å². The minimum absolute atomic E-state index is 0.407. The zero-order valence-electron chi connectivity index (χ0n) is 13.2. The van der Waals surface area contributed by atoms with Crippen LogP contribution in [0.3, 0.4) is 0 Å². The van der Waals surface area contributed by atoms with Gasteiger partial charge in [-0.25, -0.2) is 0 Å². The zero-order chi connectivity index (χ0) is 14.6. The van der Waals surface area contributed by atoms with E-state index < -0.39 is 0 Å². The van der Waals surface area contributed by atoms with Crippen LogP contribution in [0.25, 0.3) is 0 Å². The van der Waals surface area contributed by atoms with Gasteiger partial charge in [-0.05, 0) is 30.7 Å². The normalized spacial score (nSPS) is 18.6.